The Hall–Kier alpha value is -1.03. The van der Waals surface area contributed by atoms with Crippen molar-refractivity contribution in [2.75, 3.05) is 13.1 Å². The molecule has 16 heavy (non-hydrogen) atoms. The smallest absolute Gasteiger partial charge is 0.316 e. The zero-order valence-electron chi connectivity index (χ0n) is 8.64. The Kier molecular flexibility index (Phi) is 2.05. The first-order valence-corrected chi connectivity index (χ1v) is 5.48. The molecule has 0 saturated carbocycles. The van der Waals surface area contributed by atoms with Gasteiger partial charge in [-0.1, -0.05) is 12.1 Å². The van der Waals surface area contributed by atoms with Crippen molar-refractivity contribution >= 4 is 0 Å². The van der Waals surface area contributed by atoms with Gasteiger partial charge < -0.3 is 5.32 Å². The van der Waals surface area contributed by atoms with Crippen LogP contribution in [-0.4, -0.2) is 13.1 Å². The highest BCUT2D eigenvalue weighted by Gasteiger charge is 2.42. The summed E-state index contributed by atoms with van der Waals surface area (Å²) in [5, 5.41) is 3.21. The van der Waals surface area contributed by atoms with E-state index in [1.165, 1.54) is 12.1 Å². The van der Waals surface area contributed by atoms with E-state index in [2.05, 4.69) is 5.32 Å². The maximum absolute atomic E-state index is 12.9. The highest BCUT2D eigenvalue weighted by molar-refractivity contribution is 5.47. The summed E-state index contributed by atoms with van der Waals surface area (Å²) >= 11 is 0. The van der Waals surface area contributed by atoms with Crippen molar-refractivity contribution in [3.63, 3.8) is 0 Å². The van der Waals surface area contributed by atoms with Crippen LogP contribution in [-0.2, 0) is 6.18 Å². The Bertz CT molecular complexity index is 425. The van der Waals surface area contributed by atoms with E-state index in [9.17, 15) is 13.2 Å². The molecule has 0 amide bonds. The van der Waals surface area contributed by atoms with Crippen molar-refractivity contribution in [1.82, 2.24) is 5.32 Å². The van der Waals surface area contributed by atoms with Crippen molar-refractivity contribution in [3.8, 4) is 0 Å². The minimum absolute atomic E-state index is 0.0478. The van der Waals surface area contributed by atoms with Gasteiger partial charge in [0.15, 0.2) is 0 Å². The van der Waals surface area contributed by atoms with E-state index in [1.807, 2.05) is 6.07 Å². The van der Waals surface area contributed by atoms with Gasteiger partial charge in [0, 0.05) is 13.1 Å². The van der Waals surface area contributed by atoms with Crippen LogP contribution < -0.4 is 5.32 Å². The first kappa shape index (κ1) is 10.1. The molecule has 1 nitrogen and oxygen atoms in total. The summed E-state index contributed by atoms with van der Waals surface area (Å²) in [6.07, 6.45) is -3.35. The highest BCUT2D eigenvalue weighted by atomic mass is 19.4. The number of alkyl halides is 3. The van der Waals surface area contributed by atoms with Gasteiger partial charge in [-0.05, 0) is 35.4 Å². The molecule has 2 atom stereocenters. The van der Waals surface area contributed by atoms with Crippen LogP contribution in [0, 0.1) is 0 Å². The van der Waals surface area contributed by atoms with Gasteiger partial charge in [0.05, 0.1) is 5.56 Å². The molecule has 2 bridgehead atoms. The Morgan fingerprint density at radius 1 is 1.12 bits per heavy atom. The first-order valence-electron chi connectivity index (χ1n) is 5.48. The van der Waals surface area contributed by atoms with E-state index in [1.54, 1.807) is 0 Å². The number of nitrogens with one attached hydrogen (secondary N) is 1. The highest BCUT2D eigenvalue weighted by Crippen LogP contribution is 2.48. The number of halogens is 3. The molecule has 1 aliphatic carbocycles. The van der Waals surface area contributed by atoms with Crippen molar-refractivity contribution in [2.45, 2.75) is 24.4 Å². The van der Waals surface area contributed by atoms with Crippen molar-refractivity contribution < 1.29 is 13.2 Å². The third-order valence-corrected chi connectivity index (χ3v) is 3.64. The molecule has 4 heteroatoms. The zero-order chi connectivity index (χ0) is 11.3. The second kappa shape index (κ2) is 3.23. The van der Waals surface area contributed by atoms with Crippen LogP contribution in [0.15, 0.2) is 18.2 Å². The van der Waals surface area contributed by atoms with Gasteiger partial charge in [-0.15, -0.1) is 0 Å². The Labute approximate surface area is 91.7 Å². The zero-order valence-corrected chi connectivity index (χ0v) is 8.64. The maximum atomic E-state index is 12.9. The lowest BCUT2D eigenvalue weighted by molar-refractivity contribution is -0.138. The molecule has 3 rings (SSSR count). The van der Waals surface area contributed by atoms with Crippen molar-refractivity contribution in [1.29, 1.82) is 0 Å². The molecule has 0 radical (unpaired) electrons. The van der Waals surface area contributed by atoms with Gasteiger partial charge in [-0.25, -0.2) is 0 Å². The quantitative estimate of drug-likeness (QED) is 0.718. The van der Waals surface area contributed by atoms with Crippen LogP contribution in [0.1, 0.15) is 34.9 Å². The third-order valence-electron chi connectivity index (χ3n) is 3.64. The SMILES string of the molecule is FC(F)(F)c1cccc2c1C1CNCC2C1. The largest absolute Gasteiger partial charge is 0.416 e. The average Bonchev–Trinajstić information content (AvgIpc) is 2.50. The molecule has 1 fully saturated rings. The van der Waals surface area contributed by atoms with Crippen molar-refractivity contribution in [2.24, 2.45) is 0 Å². The molecular formula is C12H12F3N. The summed E-state index contributed by atoms with van der Waals surface area (Å²) in [5.41, 5.74) is 1.02. The predicted octanol–water partition coefficient (Wildman–Crippen LogP) is 2.88. The lowest BCUT2D eigenvalue weighted by Gasteiger charge is -2.20. The number of rotatable bonds is 0. The number of hydrogen-bond acceptors (Lipinski definition) is 1. The molecule has 1 heterocycles. The second-order valence-electron chi connectivity index (χ2n) is 4.59. The minimum atomic E-state index is -4.22. The van der Waals surface area contributed by atoms with Crippen molar-refractivity contribution in [3.05, 3.63) is 34.9 Å². The number of hydrogen-bond donors (Lipinski definition) is 1. The van der Waals surface area contributed by atoms with Gasteiger partial charge in [-0.3, -0.25) is 0 Å². The molecule has 2 unspecified atom stereocenters. The Morgan fingerprint density at radius 2 is 1.88 bits per heavy atom. The van der Waals surface area contributed by atoms with Gasteiger partial charge >= 0.3 is 6.18 Å². The molecule has 1 aromatic rings. The topological polar surface area (TPSA) is 12.0 Å². The van der Waals surface area contributed by atoms with Gasteiger partial charge in [0.1, 0.15) is 0 Å². The summed E-state index contributed by atoms with van der Waals surface area (Å²) in [4.78, 5) is 0. The molecule has 86 valence electrons. The summed E-state index contributed by atoms with van der Waals surface area (Å²) in [5.74, 6) is 0.322. The van der Waals surface area contributed by atoms with Gasteiger partial charge in [-0.2, -0.15) is 13.2 Å². The van der Waals surface area contributed by atoms with E-state index in [-0.39, 0.29) is 11.8 Å². The Morgan fingerprint density at radius 3 is 2.62 bits per heavy atom. The molecule has 2 aliphatic rings. The monoisotopic (exact) mass is 227 g/mol. The predicted molar refractivity (Wildman–Crippen MR) is 54.4 cm³/mol. The molecule has 1 saturated heterocycles. The summed E-state index contributed by atoms with van der Waals surface area (Å²) in [7, 11) is 0. The van der Waals surface area contributed by atoms with Crippen LogP contribution >= 0.6 is 0 Å². The number of benzene rings is 1. The third kappa shape index (κ3) is 1.36. The van der Waals surface area contributed by atoms with E-state index >= 15 is 0 Å². The second-order valence-corrected chi connectivity index (χ2v) is 4.59. The normalized spacial score (nSPS) is 27.9. The number of piperidine rings is 1. The van der Waals surface area contributed by atoms with Gasteiger partial charge in [0.2, 0.25) is 0 Å². The van der Waals surface area contributed by atoms with Crippen LogP contribution in [0.3, 0.4) is 0 Å². The van der Waals surface area contributed by atoms with E-state index < -0.39 is 11.7 Å². The lowest BCUT2D eigenvalue weighted by Crippen LogP contribution is -2.29. The summed E-state index contributed by atoms with van der Waals surface area (Å²) in [6, 6.07) is 4.59. The summed E-state index contributed by atoms with van der Waals surface area (Å²) in [6.45, 7) is 1.49. The Balaban J connectivity index is 2.18. The van der Waals surface area contributed by atoms with Crippen LogP contribution in [0.2, 0.25) is 0 Å². The molecule has 0 aromatic heterocycles. The first-order chi connectivity index (χ1) is 7.57. The fourth-order valence-corrected chi connectivity index (χ4v) is 3.04. The van der Waals surface area contributed by atoms with Crippen LogP contribution in [0.4, 0.5) is 13.2 Å². The number of fused-ring (bicyclic) bond motifs is 5. The maximum Gasteiger partial charge on any atom is 0.416 e. The molecule has 1 aromatic carbocycles. The summed E-state index contributed by atoms with van der Waals surface area (Å²) < 4.78 is 38.6. The molecule has 0 spiro atoms. The van der Waals surface area contributed by atoms with Crippen LogP contribution in [0.25, 0.3) is 0 Å². The standard InChI is InChI=1S/C12H12F3N/c13-12(14,15)10-3-1-2-9-7-4-8(11(9)10)6-16-5-7/h1-3,7-8,16H,4-6H2. The molecule has 1 N–H and O–H groups in total. The fourth-order valence-electron chi connectivity index (χ4n) is 3.04. The minimum Gasteiger partial charge on any atom is -0.316 e. The fraction of sp³-hybridized carbons (Fsp3) is 0.500. The van der Waals surface area contributed by atoms with E-state index in [4.69, 9.17) is 0 Å². The van der Waals surface area contributed by atoms with Crippen LogP contribution in [0.5, 0.6) is 0 Å². The van der Waals surface area contributed by atoms with E-state index in [0.29, 0.717) is 12.1 Å². The molecule has 1 aliphatic heterocycles. The van der Waals surface area contributed by atoms with E-state index in [0.717, 1.165) is 18.5 Å². The van der Waals surface area contributed by atoms with Gasteiger partial charge in [0.25, 0.3) is 0 Å². The average molecular weight is 227 g/mol. The lowest BCUT2D eigenvalue weighted by atomic mass is 9.95. The molecular weight excluding hydrogens is 215 g/mol.